The maximum absolute atomic E-state index is 11.2. The Labute approximate surface area is 83.8 Å². The van der Waals surface area contributed by atoms with Crippen molar-refractivity contribution in [3.8, 4) is 0 Å². The van der Waals surface area contributed by atoms with Crippen molar-refractivity contribution in [3.05, 3.63) is 0 Å². The molecule has 0 N–H and O–H groups in total. The number of carbonyl (C=O) groups excluding carboxylic acids is 2. The number of rotatable bonds is 1. The van der Waals surface area contributed by atoms with Gasteiger partial charge in [-0.1, -0.05) is 0 Å². The van der Waals surface area contributed by atoms with Crippen molar-refractivity contribution in [2.45, 2.75) is 25.7 Å². The molecule has 0 aromatic heterocycles. The van der Waals surface area contributed by atoms with Crippen LogP contribution in [0.3, 0.4) is 0 Å². The van der Waals surface area contributed by atoms with Gasteiger partial charge in [0.05, 0.1) is 6.54 Å². The molecule has 78 valence electrons. The van der Waals surface area contributed by atoms with Crippen molar-refractivity contribution < 1.29 is 9.59 Å². The van der Waals surface area contributed by atoms with Crippen LogP contribution < -0.4 is 0 Å². The highest BCUT2D eigenvalue weighted by Crippen LogP contribution is 2.13. The van der Waals surface area contributed by atoms with E-state index in [0.717, 1.165) is 32.5 Å². The first kappa shape index (κ1) is 9.80. The second kappa shape index (κ2) is 4.19. The SMILES string of the molecule is O=C1CCN(N2CCCC(=O)C2)CC1. The third kappa shape index (κ3) is 2.19. The molecule has 0 aliphatic carbocycles. The quantitative estimate of drug-likeness (QED) is 0.602. The Bertz CT molecular complexity index is 243. The molecule has 0 radical (unpaired) electrons. The molecule has 2 aliphatic rings. The second-order valence-corrected chi connectivity index (χ2v) is 4.02. The molecule has 2 fully saturated rings. The van der Waals surface area contributed by atoms with E-state index in [1.807, 2.05) is 0 Å². The summed E-state index contributed by atoms with van der Waals surface area (Å²) in [7, 11) is 0. The predicted octanol–water partition coefficient (Wildman–Crippen LogP) is 0.231. The Morgan fingerprint density at radius 1 is 0.786 bits per heavy atom. The minimum absolute atomic E-state index is 0.327. The van der Waals surface area contributed by atoms with Crippen molar-refractivity contribution in [1.82, 2.24) is 10.0 Å². The lowest BCUT2D eigenvalue weighted by atomic mass is 10.1. The van der Waals surface area contributed by atoms with Gasteiger partial charge in [0.25, 0.3) is 0 Å². The van der Waals surface area contributed by atoms with Crippen molar-refractivity contribution in [2.75, 3.05) is 26.2 Å². The van der Waals surface area contributed by atoms with Gasteiger partial charge >= 0.3 is 0 Å². The molecular weight excluding hydrogens is 180 g/mol. The molecule has 0 spiro atoms. The Morgan fingerprint density at radius 2 is 1.50 bits per heavy atom. The van der Waals surface area contributed by atoms with Crippen LogP contribution in [0.4, 0.5) is 0 Å². The zero-order valence-corrected chi connectivity index (χ0v) is 8.37. The van der Waals surface area contributed by atoms with Gasteiger partial charge < -0.3 is 0 Å². The fourth-order valence-electron chi connectivity index (χ4n) is 2.09. The van der Waals surface area contributed by atoms with Gasteiger partial charge in [-0.3, -0.25) is 9.59 Å². The number of Topliss-reactive ketones (excluding diaryl/α,β-unsaturated/α-hetero) is 2. The smallest absolute Gasteiger partial charge is 0.148 e. The Morgan fingerprint density at radius 3 is 2.14 bits per heavy atom. The normalized spacial score (nSPS) is 26.9. The van der Waals surface area contributed by atoms with Crippen molar-refractivity contribution in [3.63, 3.8) is 0 Å². The number of nitrogens with zero attached hydrogens (tertiary/aromatic N) is 2. The lowest BCUT2D eigenvalue weighted by Gasteiger charge is -2.38. The van der Waals surface area contributed by atoms with Crippen LogP contribution in [0.1, 0.15) is 25.7 Å². The number of hydrogen-bond acceptors (Lipinski definition) is 4. The summed E-state index contributed by atoms with van der Waals surface area (Å²) in [4.78, 5) is 22.3. The minimum atomic E-state index is 0.327. The van der Waals surface area contributed by atoms with E-state index in [1.165, 1.54) is 0 Å². The largest absolute Gasteiger partial charge is 0.300 e. The zero-order chi connectivity index (χ0) is 9.97. The summed E-state index contributed by atoms with van der Waals surface area (Å²) in [5.41, 5.74) is 0. The van der Waals surface area contributed by atoms with Crippen LogP contribution in [-0.4, -0.2) is 47.8 Å². The molecule has 2 saturated heterocycles. The van der Waals surface area contributed by atoms with E-state index in [1.54, 1.807) is 0 Å². The standard InChI is InChI=1S/C10H16N2O2/c13-9-3-6-11(7-4-9)12-5-1-2-10(14)8-12/h1-8H2. The number of piperidine rings is 2. The molecule has 0 amide bonds. The maximum Gasteiger partial charge on any atom is 0.148 e. The number of hydrogen-bond donors (Lipinski definition) is 0. The molecular formula is C10H16N2O2. The molecule has 0 aromatic rings. The fourth-order valence-corrected chi connectivity index (χ4v) is 2.09. The van der Waals surface area contributed by atoms with Gasteiger partial charge in [0.15, 0.2) is 0 Å². The van der Waals surface area contributed by atoms with Crippen molar-refractivity contribution in [1.29, 1.82) is 0 Å². The van der Waals surface area contributed by atoms with Crippen LogP contribution in [0.15, 0.2) is 0 Å². The van der Waals surface area contributed by atoms with E-state index in [9.17, 15) is 9.59 Å². The molecule has 0 atom stereocenters. The zero-order valence-electron chi connectivity index (χ0n) is 8.37. The van der Waals surface area contributed by atoms with E-state index in [2.05, 4.69) is 10.0 Å². The molecule has 2 heterocycles. The van der Waals surface area contributed by atoms with Crippen molar-refractivity contribution in [2.24, 2.45) is 0 Å². The highest BCUT2D eigenvalue weighted by atomic mass is 16.1. The van der Waals surface area contributed by atoms with Crippen LogP contribution in [0.5, 0.6) is 0 Å². The highest BCUT2D eigenvalue weighted by Gasteiger charge is 2.25. The summed E-state index contributed by atoms with van der Waals surface area (Å²) in [6, 6.07) is 0. The van der Waals surface area contributed by atoms with Gasteiger partial charge in [0.2, 0.25) is 0 Å². The molecule has 0 unspecified atom stereocenters. The van der Waals surface area contributed by atoms with E-state index < -0.39 is 0 Å². The Kier molecular flexibility index (Phi) is 2.93. The van der Waals surface area contributed by atoms with E-state index in [-0.39, 0.29) is 0 Å². The number of hydrazine groups is 1. The lowest BCUT2D eigenvalue weighted by molar-refractivity contribution is -0.135. The third-order valence-corrected chi connectivity index (χ3v) is 2.93. The lowest BCUT2D eigenvalue weighted by Crippen LogP contribution is -2.51. The van der Waals surface area contributed by atoms with Gasteiger partial charge in [-0.05, 0) is 6.42 Å². The molecule has 2 rings (SSSR count). The van der Waals surface area contributed by atoms with Gasteiger partial charge in [-0.2, -0.15) is 0 Å². The summed E-state index contributed by atoms with van der Waals surface area (Å²) in [5.74, 6) is 0.678. The van der Waals surface area contributed by atoms with Crippen LogP contribution in [0.25, 0.3) is 0 Å². The Balaban J connectivity index is 1.88. The van der Waals surface area contributed by atoms with Crippen molar-refractivity contribution >= 4 is 11.6 Å². The fraction of sp³-hybridized carbons (Fsp3) is 0.800. The average Bonchev–Trinajstić information content (AvgIpc) is 2.19. The van der Waals surface area contributed by atoms with Gasteiger partial charge in [0.1, 0.15) is 11.6 Å². The summed E-state index contributed by atoms with van der Waals surface area (Å²) in [6.45, 7) is 3.12. The molecule has 2 aliphatic heterocycles. The van der Waals surface area contributed by atoms with Gasteiger partial charge in [-0.25, -0.2) is 10.0 Å². The first-order valence-electron chi connectivity index (χ1n) is 5.29. The van der Waals surface area contributed by atoms with E-state index in [0.29, 0.717) is 31.0 Å². The summed E-state index contributed by atoms with van der Waals surface area (Å²) >= 11 is 0. The predicted molar refractivity (Wildman–Crippen MR) is 51.6 cm³/mol. The maximum atomic E-state index is 11.2. The van der Waals surface area contributed by atoms with Crippen LogP contribution in [0.2, 0.25) is 0 Å². The minimum Gasteiger partial charge on any atom is -0.300 e. The third-order valence-electron chi connectivity index (χ3n) is 2.93. The first-order chi connectivity index (χ1) is 6.75. The Hall–Kier alpha value is -0.740. The van der Waals surface area contributed by atoms with Crippen LogP contribution in [-0.2, 0) is 9.59 Å². The highest BCUT2D eigenvalue weighted by molar-refractivity contribution is 5.81. The number of carbonyl (C=O) groups is 2. The topological polar surface area (TPSA) is 40.6 Å². The number of ketones is 2. The first-order valence-corrected chi connectivity index (χ1v) is 5.29. The van der Waals surface area contributed by atoms with E-state index >= 15 is 0 Å². The molecule has 0 saturated carbocycles. The summed E-state index contributed by atoms with van der Waals surface area (Å²) in [5, 5.41) is 4.27. The van der Waals surface area contributed by atoms with Gasteiger partial charge in [0, 0.05) is 38.9 Å². The summed E-state index contributed by atoms with van der Waals surface area (Å²) in [6.07, 6.45) is 2.97. The van der Waals surface area contributed by atoms with E-state index in [4.69, 9.17) is 0 Å². The molecule has 0 aromatic carbocycles. The average molecular weight is 196 g/mol. The van der Waals surface area contributed by atoms with Crippen LogP contribution >= 0.6 is 0 Å². The second-order valence-electron chi connectivity index (χ2n) is 4.02. The monoisotopic (exact) mass is 196 g/mol. The molecule has 4 nitrogen and oxygen atoms in total. The molecule has 0 bridgehead atoms. The molecule has 14 heavy (non-hydrogen) atoms. The summed E-state index contributed by atoms with van der Waals surface area (Å²) < 4.78 is 0. The molecule has 4 heteroatoms. The van der Waals surface area contributed by atoms with Crippen LogP contribution in [0, 0.1) is 0 Å². The van der Waals surface area contributed by atoms with Gasteiger partial charge in [-0.15, -0.1) is 0 Å².